The zero-order valence-electron chi connectivity index (χ0n) is 9.71. The van der Waals surface area contributed by atoms with Crippen LogP contribution in [0.25, 0.3) is 0 Å². The van der Waals surface area contributed by atoms with Crippen molar-refractivity contribution in [3.05, 3.63) is 0 Å². The lowest BCUT2D eigenvalue weighted by Gasteiger charge is -2.32. The molecule has 1 aliphatic heterocycles. The first-order chi connectivity index (χ1) is 7.27. The molecule has 2 fully saturated rings. The van der Waals surface area contributed by atoms with E-state index in [1.807, 2.05) is 4.93 Å². The van der Waals surface area contributed by atoms with E-state index in [2.05, 4.69) is 34.8 Å². The first-order valence-corrected chi connectivity index (χ1v) is 7.90. The van der Waals surface area contributed by atoms with Crippen molar-refractivity contribution in [1.29, 1.82) is 0 Å². The van der Waals surface area contributed by atoms with E-state index < -0.39 is 0 Å². The van der Waals surface area contributed by atoms with Crippen molar-refractivity contribution in [2.24, 2.45) is 11.7 Å². The minimum Gasteiger partial charge on any atom is -0.380 e. The predicted molar refractivity (Wildman–Crippen MR) is 72.5 cm³/mol. The van der Waals surface area contributed by atoms with Gasteiger partial charge in [-0.2, -0.15) is 0 Å². The third-order valence-electron chi connectivity index (χ3n) is 3.21. The summed E-state index contributed by atoms with van der Waals surface area (Å²) in [5, 5.41) is 3.63. The summed E-state index contributed by atoms with van der Waals surface area (Å²) in [5.41, 5.74) is 5.96. The Kier molecular flexibility index (Phi) is 6.42. The van der Waals surface area contributed by atoms with Crippen LogP contribution in [0.4, 0.5) is 0 Å². The van der Waals surface area contributed by atoms with E-state index in [1.165, 1.54) is 12.8 Å². The fourth-order valence-electron chi connectivity index (χ4n) is 2.04. The number of rotatable bonds is 3. The highest BCUT2D eigenvalue weighted by Crippen LogP contribution is 2.32. The van der Waals surface area contributed by atoms with Crippen molar-refractivity contribution < 1.29 is 4.74 Å². The maximum atomic E-state index is 5.96. The van der Waals surface area contributed by atoms with Gasteiger partial charge >= 0.3 is 0 Å². The normalized spacial score (nSPS) is 32.8. The van der Waals surface area contributed by atoms with Crippen molar-refractivity contribution in [3.8, 4) is 0 Å². The molecule has 3 N–H and O–H groups in total. The molecular weight excluding hydrogens is 303 g/mol. The molecule has 2 rings (SSSR count). The average Bonchev–Trinajstić information content (AvgIpc) is 3.08. The van der Waals surface area contributed by atoms with Crippen molar-refractivity contribution in [3.63, 3.8) is 0 Å². The van der Waals surface area contributed by atoms with Crippen LogP contribution in [-0.4, -0.2) is 36.3 Å². The highest BCUT2D eigenvalue weighted by atomic mass is 127. The third kappa shape index (κ3) is 4.54. The van der Waals surface area contributed by atoms with Gasteiger partial charge in [-0.3, -0.25) is 0 Å². The molecule has 1 heterocycles. The molecule has 1 saturated carbocycles. The maximum Gasteiger partial charge on any atom is 0.0632 e. The van der Waals surface area contributed by atoms with Gasteiger partial charge in [0.1, 0.15) is 0 Å². The summed E-state index contributed by atoms with van der Waals surface area (Å²) in [6, 6.07) is 1.31. The second-order valence-electron chi connectivity index (χ2n) is 4.43. The van der Waals surface area contributed by atoms with Crippen LogP contribution >= 0.6 is 22.6 Å². The first-order valence-electron chi connectivity index (χ1n) is 5.74. The second-order valence-corrected chi connectivity index (χ2v) is 4.43. The zero-order valence-corrected chi connectivity index (χ0v) is 11.9. The molecule has 3 nitrogen and oxygen atoms in total. The van der Waals surface area contributed by atoms with Crippen LogP contribution in [0.15, 0.2) is 0 Å². The minimum absolute atomic E-state index is 0.190. The molecule has 0 aromatic carbocycles. The highest BCUT2D eigenvalue weighted by Gasteiger charge is 2.31. The van der Waals surface area contributed by atoms with Gasteiger partial charge in [0.2, 0.25) is 0 Å². The summed E-state index contributed by atoms with van der Waals surface area (Å²) in [4.78, 5) is 1.97. The summed E-state index contributed by atoms with van der Waals surface area (Å²) in [6.45, 7) is 3.86. The lowest BCUT2D eigenvalue weighted by molar-refractivity contribution is 0.0586. The summed E-state index contributed by atoms with van der Waals surface area (Å²) in [6.07, 6.45) is 3.86. The Morgan fingerprint density at radius 3 is 2.53 bits per heavy atom. The number of hydrogen-bond donors (Lipinski definition) is 2. The van der Waals surface area contributed by atoms with Gasteiger partial charge in [0.05, 0.1) is 6.61 Å². The van der Waals surface area contributed by atoms with Gasteiger partial charge in [-0.05, 0) is 37.0 Å². The lowest BCUT2D eigenvalue weighted by atomic mass is 10.0. The Labute approximate surface area is 107 Å². The molecule has 0 aromatic heterocycles. The zero-order chi connectivity index (χ0) is 11.3. The molecule has 0 spiro atoms. The van der Waals surface area contributed by atoms with Crippen LogP contribution in [0.2, 0.25) is 0 Å². The highest BCUT2D eigenvalue weighted by molar-refractivity contribution is 14.1. The average molecular weight is 326 g/mol. The summed E-state index contributed by atoms with van der Waals surface area (Å²) in [5.74, 6) is 0.912. The largest absolute Gasteiger partial charge is 0.380 e. The molecular formula is C11H23IN2O. The fraction of sp³-hybridized carbons (Fsp3) is 1.00. The van der Waals surface area contributed by atoms with E-state index in [0.717, 1.165) is 25.6 Å². The summed E-state index contributed by atoms with van der Waals surface area (Å²) < 4.78 is 5.30. The molecule has 0 bridgehead atoms. The molecule has 2 aliphatic rings. The topological polar surface area (TPSA) is 47.3 Å². The van der Waals surface area contributed by atoms with Gasteiger partial charge in [-0.15, -0.1) is 0 Å². The van der Waals surface area contributed by atoms with E-state index in [4.69, 9.17) is 10.5 Å². The van der Waals surface area contributed by atoms with E-state index >= 15 is 0 Å². The number of ether oxygens (including phenoxy) is 1. The molecule has 0 radical (unpaired) electrons. The van der Waals surface area contributed by atoms with Gasteiger partial charge < -0.3 is 15.8 Å². The van der Waals surface area contributed by atoms with Crippen molar-refractivity contribution in [1.82, 2.24) is 5.32 Å². The Balaban J connectivity index is 0.000000531. The van der Waals surface area contributed by atoms with Crippen LogP contribution in [0.3, 0.4) is 0 Å². The molecule has 90 valence electrons. The number of hydrogen-bond acceptors (Lipinski definition) is 3. The maximum absolute atomic E-state index is 5.96. The molecule has 0 aromatic rings. The minimum atomic E-state index is 0.190. The van der Waals surface area contributed by atoms with Gasteiger partial charge in [0, 0.05) is 24.7 Å². The Morgan fingerprint density at radius 1 is 1.33 bits per heavy atom. The number of nitrogens with two attached hydrogens (primary N) is 1. The monoisotopic (exact) mass is 326 g/mol. The van der Waals surface area contributed by atoms with Crippen molar-refractivity contribution in [2.75, 3.05) is 18.1 Å². The van der Waals surface area contributed by atoms with Gasteiger partial charge in [-0.25, -0.2) is 0 Å². The van der Waals surface area contributed by atoms with Crippen LogP contribution in [0.1, 0.15) is 26.2 Å². The number of nitrogens with one attached hydrogen (secondary N) is 1. The Morgan fingerprint density at radius 2 is 2.00 bits per heavy atom. The van der Waals surface area contributed by atoms with Crippen molar-refractivity contribution in [2.45, 2.75) is 44.3 Å². The Hall–Kier alpha value is 0.610. The number of halogens is 1. The van der Waals surface area contributed by atoms with Gasteiger partial charge in [0.25, 0.3) is 0 Å². The van der Waals surface area contributed by atoms with E-state index in [1.54, 1.807) is 0 Å². The smallest absolute Gasteiger partial charge is 0.0632 e. The SMILES string of the molecule is CC(N[C@@H]1CCOC[C@H]1N)C1CC1.CI. The van der Waals surface area contributed by atoms with Crippen LogP contribution in [-0.2, 0) is 4.74 Å². The van der Waals surface area contributed by atoms with E-state index in [9.17, 15) is 0 Å². The molecule has 1 aliphatic carbocycles. The standard InChI is InChI=1S/C10H20N2O.CH3I/c1-7(8-2-3-8)12-10-4-5-13-6-9(10)11;1-2/h7-10,12H,2-6,11H2,1H3;1H3/t7?,9-,10-;/m1./s1. The lowest BCUT2D eigenvalue weighted by Crippen LogP contribution is -2.54. The molecule has 1 saturated heterocycles. The summed E-state index contributed by atoms with van der Waals surface area (Å²) in [7, 11) is 0. The van der Waals surface area contributed by atoms with E-state index in [-0.39, 0.29) is 6.04 Å². The quantitative estimate of drug-likeness (QED) is 0.611. The van der Waals surface area contributed by atoms with Gasteiger partial charge in [-0.1, -0.05) is 22.6 Å². The van der Waals surface area contributed by atoms with Crippen LogP contribution < -0.4 is 11.1 Å². The molecule has 1 unspecified atom stereocenters. The number of alkyl halides is 1. The van der Waals surface area contributed by atoms with E-state index in [0.29, 0.717) is 12.1 Å². The third-order valence-corrected chi connectivity index (χ3v) is 3.21. The fourth-order valence-corrected chi connectivity index (χ4v) is 2.04. The van der Waals surface area contributed by atoms with Crippen molar-refractivity contribution >= 4 is 22.6 Å². The molecule has 4 heteroatoms. The summed E-state index contributed by atoms with van der Waals surface area (Å²) >= 11 is 2.15. The second kappa shape index (κ2) is 7.04. The predicted octanol–water partition coefficient (Wildman–Crippen LogP) is 1.54. The van der Waals surface area contributed by atoms with Crippen LogP contribution in [0, 0.1) is 5.92 Å². The molecule has 15 heavy (non-hydrogen) atoms. The Bertz CT molecular complexity index is 176. The first kappa shape index (κ1) is 13.7. The van der Waals surface area contributed by atoms with Crippen LogP contribution in [0.5, 0.6) is 0 Å². The molecule has 3 atom stereocenters. The molecule has 0 amide bonds. The van der Waals surface area contributed by atoms with Gasteiger partial charge in [0.15, 0.2) is 0 Å².